The summed E-state index contributed by atoms with van der Waals surface area (Å²) in [4.78, 5) is 0. The Kier molecular flexibility index (Phi) is 5.08. The first-order valence-corrected chi connectivity index (χ1v) is 5.19. The van der Waals surface area contributed by atoms with Gasteiger partial charge in [0.2, 0.25) is 0 Å². The molecule has 2 heteroatoms. The minimum atomic E-state index is 0.340. The molecule has 0 aliphatic heterocycles. The van der Waals surface area contributed by atoms with Crippen molar-refractivity contribution in [1.29, 1.82) is 0 Å². The van der Waals surface area contributed by atoms with Crippen molar-refractivity contribution in [2.45, 2.75) is 26.4 Å². The van der Waals surface area contributed by atoms with Crippen LogP contribution in [0.15, 0.2) is 30.3 Å². The molecule has 14 heavy (non-hydrogen) atoms. The highest BCUT2D eigenvalue weighted by Crippen LogP contribution is 2.04. The topological polar surface area (TPSA) is 21.3 Å². The molecule has 1 rings (SSSR count). The number of hydrogen-bond donors (Lipinski definition) is 1. The molecule has 1 aromatic carbocycles. The fourth-order valence-electron chi connectivity index (χ4n) is 1.18. The fourth-order valence-corrected chi connectivity index (χ4v) is 1.18. The van der Waals surface area contributed by atoms with E-state index in [0.29, 0.717) is 6.10 Å². The van der Waals surface area contributed by atoms with E-state index in [2.05, 4.69) is 31.3 Å². The monoisotopic (exact) mass is 193 g/mol. The molecular weight excluding hydrogens is 174 g/mol. The Balaban J connectivity index is 2.05. The van der Waals surface area contributed by atoms with Crippen molar-refractivity contribution in [1.82, 2.24) is 0 Å². The van der Waals surface area contributed by atoms with E-state index in [1.165, 1.54) is 5.69 Å². The molecule has 0 fully saturated rings. The van der Waals surface area contributed by atoms with Gasteiger partial charge in [-0.2, -0.15) is 0 Å². The van der Waals surface area contributed by atoms with E-state index < -0.39 is 0 Å². The Labute approximate surface area is 86.3 Å². The van der Waals surface area contributed by atoms with E-state index in [1.807, 2.05) is 18.2 Å². The van der Waals surface area contributed by atoms with Crippen molar-refractivity contribution in [3.63, 3.8) is 0 Å². The number of para-hydroxylation sites is 1. The van der Waals surface area contributed by atoms with Gasteiger partial charge in [0.25, 0.3) is 0 Å². The lowest BCUT2D eigenvalue weighted by atomic mass is 10.3. The number of nitrogens with one attached hydrogen (secondary N) is 1. The molecule has 0 aliphatic carbocycles. The number of ether oxygens (including phenoxy) is 1. The standard InChI is InChI=1S/C12H19NO/c1-11(2)14-10-6-9-13-12-7-4-3-5-8-12/h3-5,7-8,11,13H,6,9-10H2,1-2H3. The van der Waals surface area contributed by atoms with E-state index >= 15 is 0 Å². The Hall–Kier alpha value is -1.02. The van der Waals surface area contributed by atoms with Gasteiger partial charge in [-0.15, -0.1) is 0 Å². The van der Waals surface area contributed by atoms with Crippen LogP contribution in [0.2, 0.25) is 0 Å². The predicted octanol–water partition coefficient (Wildman–Crippen LogP) is 2.91. The maximum absolute atomic E-state index is 5.44. The van der Waals surface area contributed by atoms with Crippen molar-refractivity contribution < 1.29 is 4.74 Å². The molecule has 0 heterocycles. The minimum Gasteiger partial charge on any atom is -0.385 e. The summed E-state index contributed by atoms with van der Waals surface area (Å²) in [6, 6.07) is 10.2. The van der Waals surface area contributed by atoms with Crippen LogP contribution >= 0.6 is 0 Å². The molecule has 1 N–H and O–H groups in total. The van der Waals surface area contributed by atoms with Crippen LogP contribution in [-0.4, -0.2) is 19.3 Å². The van der Waals surface area contributed by atoms with Crippen LogP contribution in [0.4, 0.5) is 5.69 Å². The van der Waals surface area contributed by atoms with Gasteiger partial charge in [0.1, 0.15) is 0 Å². The first-order chi connectivity index (χ1) is 6.79. The van der Waals surface area contributed by atoms with Crippen LogP contribution in [0.25, 0.3) is 0 Å². The van der Waals surface area contributed by atoms with Gasteiger partial charge in [-0.1, -0.05) is 18.2 Å². The fraction of sp³-hybridized carbons (Fsp3) is 0.500. The van der Waals surface area contributed by atoms with Gasteiger partial charge in [0.05, 0.1) is 6.10 Å². The van der Waals surface area contributed by atoms with Gasteiger partial charge in [0, 0.05) is 18.8 Å². The van der Waals surface area contributed by atoms with Crippen LogP contribution in [-0.2, 0) is 4.74 Å². The molecular formula is C12H19NO. The normalized spacial score (nSPS) is 10.5. The molecule has 1 aromatic rings. The zero-order chi connectivity index (χ0) is 10.2. The lowest BCUT2D eigenvalue weighted by molar-refractivity contribution is 0.0787. The summed E-state index contributed by atoms with van der Waals surface area (Å²) in [6.45, 7) is 5.92. The zero-order valence-corrected chi connectivity index (χ0v) is 8.99. The van der Waals surface area contributed by atoms with E-state index in [9.17, 15) is 0 Å². The molecule has 0 bridgehead atoms. The molecule has 0 atom stereocenters. The largest absolute Gasteiger partial charge is 0.385 e. The zero-order valence-electron chi connectivity index (χ0n) is 8.99. The summed E-state index contributed by atoms with van der Waals surface area (Å²) in [7, 11) is 0. The lowest BCUT2D eigenvalue weighted by Gasteiger charge is -2.08. The van der Waals surface area contributed by atoms with Crippen molar-refractivity contribution in [3.05, 3.63) is 30.3 Å². The van der Waals surface area contributed by atoms with Gasteiger partial charge < -0.3 is 10.1 Å². The Morgan fingerprint density at radius 2 is 1.93 bits per heavy atom. The average molecular weight is 193 g/mol. The molecule has 0 saturated carbocycles. The smallest absolute Gasteiger partial charge is 0.0518 e. The van der Waals surface area contributed by atoms with Crippen LogP contribution in [0.3, 0.4) is 0 Å². The highest BCUT2D eigenvalue weighted by atomic mass is 16.5. The number of anilines is 1. The van der Waals surface area contributed by atoms with Crippen LogP contribution < -0.4 is 5.32 Å². The second-order valence-corrected chi connectivity index (χ2v) is 3.57. The van der Waals surface area contributed by atoms with Crippen molar-refractivity contribution >= 4 is 5.69 Å². The minimum absolute atomic E-state index is 0.340. The summed E-state index contributed by atoms with van der Waals surface area (Å²) in [5.41, 5.74) is 1.18. The molecule has 0 aromatic heterocycles. The van der Waals surface area contributed by atoms with Gasteiger partial charge in [-0.05, 0) is 32.4 Å². The Morgan fingerprint density at radius 1 is 1.21 bits per heavy atom. The molecule has 0 aliphatic rings. The summed E-state index contributed by atoms with van der Waals surface area (Å²) < 4.78 is 5.44. The molecule has 2 nitrogen and oxygen atoms in total. The Bertz CT molecular complexity index is 233. The summed E-state index contributed by atoms with van der Waals surface area (Å²) in [6.07, 6.45) is 1.39. The van der Waals surface area contributed by atoms with Gasteiger partial charge in [0.15, 0.2) is 0 Å². The number of rotatable bonds is 6. The Morgan fingerprint density at radius 3 is 2.57 bits per heavy atom. The molecule has 0 spiro atoms. The van der Waals surface area contributed by atoms with E-state index in [4.69, 9.17) is 4.74 Å². The molecule has 0 amide bonds. The lowest BCUT2D eigenvalue weighted by Crippen LogP contribution is -2.09. The molecule has 0 radical (unpaired) electrons. The first-order valence-electron chi connectivity index (χ1n) is 5.19. The third kappa shape index (κ3) is 4.87. The highest BCUT2D eigenvalue weighted by molar-refractivity contribution is 5.42. The summed E-state index contributed by atoms with van der Waals surface area (Å²) in [5.74, 6) is 0. The first kappa shape index (κ1) is 11.1. The van der Waals surface area contributed by atoms with Crippen molar-refractivity contribution in [2.75, 3.05) is 18.5 Å². The second kappa shape index (κ2) is 6.44. The molecule has 0 saturated heterocycles. The van der Waals surface area contributed by atoms with Gasteiger partial charge in [-0.3, -0.25) is 0 Å². The van der Waals surface area contributed by atoms with Crippen molar-refractivity contribution in [2.24, 2.45) is 0 Å². The average Bonchev–Trinajstić information content (AvgIpc) is 2.18. The highest BCUT2D eigenvalue weighted by Gasteiger charge is 1.93. The third-order valence-corrected chi connectivity index (χ3v) is 1.88. The van der Waals surface area contributed by atoms with Crippen LogP contribution in [0, 0.1) is 0 Å². The maximum Gasteiger partial charge on any atom is 0.0518 e. The molecule has 0 unspecified atom stereocenters. The SMILES string of the molecule is CC(C)OCCCNc1ccccc1. The van der Waals surface area contributed by atoms with Crippen LogP contribution in [0.1, 0.15) is 20.3 Å². The quantitative estimate of drug-likeness (QED) is 0.701. The van der Waals surface area contributed by atoms with Crippen LogP contribution in [0.5, 0.6) is 0 Å². The summed E-state index contributed by atoms with van der Waals surface area (Å²) in [5, 5.41) is 3.34. The number of benzene rings is 1. The maximum atomic E-state index is 5.44. The predicted molar refractivity (Wildman–Crippen MR) is 60.6 cm³/mol. The summed E-state index contributed by atoms with van der Waals surface area (Å²) >= 11 is 0. The third-order valence-electron chi connectivity index (χ3n) is 1.88. The van der Waals surface area contributed by atoms with Crippen molar-refractivity contribution in [3.8, 4) is 0 Å². The number of hydrogen-bond acceptors (Lipinski definition) is 2. The second-order valence-electron chi connectivity index (χ2n) is 3.57. The van der Waals surface area contributed by atoms with E-state index in [0.717, 1.165) is 19.6 Å². The molecule has 78 valence electrons. The van der Waals surface area contributed by atoms with Gasteiger partial charge in [-0.25, -0.2) is 0 Å². The van der Waals surface area contributed by atoms with E-state index in [1.54, 1.807) is 0 Å². The van der Waals surface area contributed by atoms with E-state index in [-0.39, 0.29) is 0 Å². The van der Waals surface area contributed by atoms with Gasteiger partial charge >= 0.3 is 0 Å².